The zero-order valence-corrected chi connectivity index (χ0v) is 18.5. The molecule has 0 fully saturated rings. The lowest BCUT2D eigenvalue weighted by Gasteiger charge is -2.06. The zero-order chi connectivity index (χ0) is 22.2. The number of aromatic nitrogens is 1. The summed E-state index contributed by atoms with van der Waals surface area (Å²) in [6.45, 7) is 0.581. The lowest BCUT2D eigenvalue weighted by Crippen LogP contribution is -2.00. The molecule has 162 valence electrons. The van der Waals surface area contributed by atoms with E-state index in [-0.39, 0.29) is 5.78 Å². The molecule has 6 heteroatoms. The van der Waals surface area contributed by atoms with Crippen LogP contribution in [0.4, 0.5) is 0 Å². The van der Waals surface area contributed by atoms with Crippen molar-refractivity contribution in [3.63, 3.8) is 0 Å². The molecule has 32 heavy (non-hydrogen) atoms. The fraction of sp³-hybridized carbons (Fsp3) is 0.154. The van der Waals surface area contributed by atoms with Crippen LogP contribution in [0.2, 0.25) is 0 Å². The second-order valence-corrected chi connectivity index (χ2v) is 8.04. The highest BCUT2D eigenvalue weighted by Crippen LogP contribution is 2.23. The smallest absolute Gasteiger partial charge is 0.256 e. The zero-order valence-electron chi connectivity index (χ0n) is 17.7. The number of ketones is 1. The van der Waals surface area contributed by atoms with Crippen LogP contribution in [0.25, 0.3) is 17.2 Å². The SMILES string of the molecule is COc1ccc(/C=C/C(=O)c2ccc(OCCCSc3nc4ccccc4o3)cc2)cc1. The molecule has 0 spiro atoms. The van der Waals surface area contributed by atoms with Crippen molar-refractivity contribution in [1.29, 1.82) is 0 Å². The maximum absolute atomic E-state index is 12.4. The van der Waals surface area contributed by atoms with Gasteiger partial charge in [-0.15, -0.1) is 0 Å². The Hall–Kier alpha value is -3.51. The Bertz CT molecular complexity index is 1160. The summed E-state index contributed by atoms with van der Waals surface area (Å²) in [5.74, 6) is 2.32. The van der Waals surface area contributed by atoms with Crippen molar-refractivity contribution in [2.45, 2.75) is 11.6 Å². The highest BCUT2D eigenvalue weighted by molar-refractivity contribution is 7.99. The van der Waals surface area contributed by atoms with E-state index in [4.69, 9.17) is 13.9 Å². The number of methoxy groups -OCH3 is 1. The van der Waals surface area contributed by atoms with Gasteiger partial charge in [-0.3, -0.25) is 4.79 Å². The molecule has 3 aromatic carbocycles. The summed E-state index contributed by atoms with van der Waals surface area (Å²) in [4.78, 5) is 16.8. The third-order valence-corrected chi connectivity index (χ3v) is 5.65. The van der Waals surface area contributed by atoms with Gasteiger partial charge in [-0.05, 0) is 66.6 Å². The number of nitrogens with zero attached hydrogens (tertiary/aromatic N) is 1. The Labute approximate surface area is 191 Å². The minimum atomic E-state index is -0.0536. The number of thioether (sulfide) groups is 1. The number of fused-ring (bicyclic) bond motifs is 1. The average molecular weight is 446 g/mol. The van der Waals surface area contributed by atoms with Crippen molar-refractivity contribution >= 4 is 34.7 Å². The minimum absolute atomic E-state index is 0.0536. The van der Waals surface area contributed by atoms with E-state index >= 15 is 0 Å². The molecule has 0 aliphatic carbocycles. The molecule has 0 N–H and O–H groups in total. The van der Waals surface area contributed by atoms with E-state index in [0.29, 0.717) is 17.4 Å². The highest BCUT2D eigenvalue weighted by atomic mass is 32.2. The molecule has 0 bridgehead atoms. The van der Waals surface area contributed by atoms with Gasteiger partial charge in [-0.2, -0.15) is 0 Å². The van der Waals surface area contributed by atoms with E-state index in [0.717, 1.165) is 40.3 Å². The summed E-state index contributed by atoms with van der Waals surface area (Å²) in [5, 5.41) is 0.678. The predicted octanol–water partition coefficient (Wildman–Crippen LogP) is 6.29. The van der Waals surface area contributed by atoms with Crippen molar-refractivity contribution in [2.24, 2.45) is 0 Å². The van der Waals surface area contributed by atoms with Crippen molar-refractivity contribution in [1.82, 2.24) is 4.98 Å². The van der Waals surface area contributed by atoms with Crippen molar-refractivity contribution in [3.8, 4) is 11.5 Å². The molecule has 0 saturated carbocycles. The van der Waals surface area contributed by atoms with Crippen LogP contribution < -0.4 is 9.47 Å². The topological polar surface area (TPSA) is 61.6 Å². The van der Waals surface area contributed by atoms with Gasteiger partial charge in [0.2, 0.25) is 0 Å². The molecule has 0 aliphatic heterocycles. The Morgan fingerprint density at radius 2 is 1.75 bits per heavy atom. The van der Waals surface area contributed by atoms with Gasteiger partial charge in [0.25, 0.3) is 5.22 Å². The number of para-hydroxylation sites is 2. The number of carbonyl (C=O) groups is 1. The third kappa shape index (κ3) is 5.80. The molecule has 1 aromatic heterocycles. The van der Waals surface area contributed by atoms with E-state index in [1.54, 1.807) is 43.2 Å². The fourth-order valence-corrected chi connectivity index (χ4v) is 3.77. The molecule has 0 saturated heterocycles. The molecule has 4 aromatic rings. The molecule has 0 amide bonds. The first kappa shape index (κ1) is 21.7. The summed E-state index contributed by atoms with van der Waals surface area (Å²) in [5.41, 5.74) is 3.24. The summed E-state index contributed by atoms with van der Waals surface area (Å²) in [7, 11) is 1.63. The van der Waals surface area contributed by atoms with Crippen LogP contribution in [-0.4, -0.2) is 30.2 Å². The molecule has 4 rings (SSSR count). The van der Waals surface area contributed by atoms with Crippen LogP contribution in [0.3, 0.4) is 0 Å². The number of rotatable bonds is 10. The summed E-state index contributed by atoms with van der Waals surface area (Å²) in [6, 6.07) is 22.5. The van der Waals surface area contributed by atoms with Crippen LogP contribution in [-0.2, 0) is 0 Å². The van der Waals surface area contributed by atoms with E-state index in [2.05, 4.69) is 4.98 Å². The van der Waals surface area contributed by atoms with Crippen LogP contribution >= 0.6 is 11.8 Å². The van der Waals surface area contributed by atoms with E-state index in [9.17, 15) is 4.79 Å². The third-order valence-electron chi connectivity index (χ3n) is 4.74. The molecular formula is C26H23NO4S. The molecule has 0 atom stereocenters. The Morgan fingerprint density at radius 1 is 1.00 bits per heavy atom. The van der Waals surface area contributed by atoms with Crippen LogP contribution in [0.15, 0.2) is 88.5 Å². The lowest BCUT2D eigenvalue weighted by atomic mass is 10.1. The van der Waals surface area contributed by atoms with Gasteiger partial charge in [-0.25, -0.2) is 4.98 Å². The van der Waals surface area contributed by atoms with Crippen molar-refractivity contribution in [3.05, 3.63) is 90.0 Å². The number of hydrogen-bond donors (Lipinski definition) is 0. The first-order valence-corrected chi connectivity index (χ1v) is 11.3. The van der Waals surface area contributed by atoms with Gasteiger partial charge in [0, 0.05) is 11.3 Å². The van der Waals surface area contributed by atoms with Crippen molar-refractivity contribution < 1.29 is 18.7 Å². The first-order valence-electron chi connectivity index (χ1n) is 10.3. The predicted molar refractivity (Wildman–Crippen MR) is 128 cm³/mol. The largest absolute Gasteiger partial charge is 0.497 e. The molecule has 5 nitrogen and oxygen atoms in total. The van der Waals surface area contributed by atoms with Gasteiger partial charge < -0.3 is 13.9 Å². The number of hydrogen-bond acceptors (Lipinski definition) is 6. The minimum Gasteiger partial charge on any atom is -0.497 e. The van der Waals surface area contributed by atoms with E-state index in [1.807, 2.05) is 60.7 Å². The maximum Gasteiger partial charge on any atom is 0.256 e. The van der Waals surface area contributed by atoms with E-state index in [1.165, 1.54) is 0 Å². The monoisotopic (exact) mass is 445 g/mol. The lowest BCUT2D eigenvalue weighted by molar-refractivity contribution is 0.104. The summed E-state index contributed by atoms with van der Waals surface area (Å²) in [6.07, 6.45) is 4.22. The second-order valence-electron chi connectivity index (χ2n) is 6.99. The number of carbonyl (C=O) groups excluding carboxylic acids is 1. The van der Waals surface area contributed by atoms with Crippen LogP contribution in [0.5, 0.6) is 11.5 Å². The standard InChI is InChI=1S/C26H23NO4S/c1-29-21-12-7-19(8-13-21)9-16-24(28)20-10-14-22(15-11-20)30-17-4-18-32-26-27-23-5-2-3-6-25(23)31-26/h2-3,5-16H,4,17-18H2,1H3/b16-9+. The fourth-order valence-electron chi connectivity index (χ4n) is 3.02. The van der Waals surface area contributed by atoms with Crippen LogP contribution in [0.1, 0.15) is 22.3 Å². The normalized spacial score (nSPS) is 11.2. The van der Waals surface area contributed by atoms with Gasteiger partial charge in [-0.1, -0.05) is 42.1 Å². The first-order chi connectivity index (χ1) is 15.7. The Kier molecular flexibility index (Phi) is 7.25. The van der Waals surface area contributed by atoms with Gasteiger partial charge in [0.05, 0.1) is 13.7 Å². The number of benzene rings is 3. The maximum atomic E-state index is 12.4. The van der Waals surface area contributed by atoms with Crippen LogP contribution in [0, 0.1) is 0 Å². The molecule has 0 radical (unpaired) electrons. The number of ether oxygens (including phenoxy) is 2. The molecule has 0 aliphatic rings. The van der Waals surface area contributed by atoms with E-state index < -0.39 is 0 Å². The molecule has 0 unspecified atom stereocenters. The van der Waals surface area contributed by atoms with Gasteiger partial charge >= 0.3 is 0 Å². The quantitative estimate of drug-likeness (QED) is 0.124. The van der Waals surface area contributed by atoms with Crippen molar-refractivity contribution in [2.75, 3.05) is 19.5 Å². The second kappa shape index (κ2) is 10.7. The Morgan fingerprint density at radius 3 is 2.50 bits per heavy atom. The summed E-state index contributed by atoms with van der Waals surface area (Å²) >= 11 is 1.58. The number of oxazole rings is 1. The van der Waals surface area contributed by atoms with Gasteiger partial charge in [0.15, 0.2) is 11.4 Å². The summed E-state index contributed by atoms with van der Waals surface area (Å²) < 4.78 is 16.6. The average Bonchev–Trinajstić information content (AvgIpc) is 3.26. The Balaban J connectivity index is 1.20. The van der Waals surface area contributed by atoms with Gasteiger partial charge in [0.1, 0.15) is 17.0 Å². The molecular weight excluding hydrogens is 422 g/mol. The number of allylic oxidation sites excluding steroid dienone is 1. The molecule has 1 heterocycles. The highest BCUT2D eigenvalue weighted by Gasteiger charge is 2.06.